The van der Waals surface area contributed by atoms with E-state index in [0.717, 1.165) is 43.4 Å². The van der Waals surface area contributed by atoms with Crippen LogP contribution in [0.3, 0.4) is 0 Å². The minimum atomic E-state index is -1.09. The summed E-state index contributed by atoms with van der Waals surface area (Å²) in [5.41, 5.74) is -0.0650. The average Bonchev–Trinajstić information content (AvgIpc) is 2.77. The van der Waals surface area contributed by atoms with E-state index in [1.165, 1.54) is 50.7 Å². The lowest BCUT2D eigenvalue weighted by Crippen LogP contribution is -2.27. The van der Waals surface area contributed by atoms with E-state index in [-0.39, 0.29) is 23.8 Å². The van der Waals surface area contributed by atoms with Crippen LogP contribution in [0.5, 0.6) is 5.75 Å². The second-order valence-corrected chi connectivity index (χ2v) is 9.69. The molecule has 3 nitrogen and oxygen atoms in total. The number of hydrogen-bond donors (Lipinski definition) is 1. The van der Waals surface area contributed by atoms with Crippen LogP contribution in [0.4, 0.5) is 8.78 Å². The molecule has 1 N–H and O–H groups in total. The quantitative estimate of drug-likeness (QED) is 0.441. The third-order valence-electron chi connectivity index (χ3n) is 7.77. The highest BCUT2D eigenvalue weighted by molar-refractivity contribution is 5.76. The van der Waals surface area contributed by atoms with Crippen molar-refractivity contribution in [1.29, 1.82) is 0 Å². The molecule has 3 rings (SSSR count). The summed E-state index contributed by atoms with van der Waals surface area (Å²) in [7, 11) is 0. The molecule has 0 aromatic heterocycles. The van der Waals surface area contributed by atoms with E-state index in [1.807, 2.05) is 0 Å². The summed E-state index contributed by atoms with van der Waals surface area (Å²) in [6, 6.07) is 2.72. The van der Waals surface area contributed by atoms with Crippen molar-refractivity contribution in [2.75, 3.05) is 6.61 Å². The van der Waals surface area contributed by atoms with E-state index in [4.69, 9.17) is 4.74 Å². The first-order valence-corrected chi connectivity index (χ1v) is 12.3. The van der Waals surface area contributed by atoms with Gasteiger partial charge in [-0.1, -0.05) is 51.5 Å². The van der Waals surface area contributed by atoms with Gasteiger partial charge in [0, 0.05) is 5.56 Å². The van der Waals surface area contributed by atoms with Crippen LogP contribution in [0, 0.1) is 35.3 Å². The summed E-state index contributed by atoms with van der Waals surface area (Å²) < 4.78 is 34.0. The molecule has 1 aromatic carbocycles. The number of ether oxygens (including phenoxy) is 1. The Balaban J connectivity index is 1.57. The first kappa shape index (κ1) is 24.0. The van der Waals surface area contributed by atoms with Crippen LogP contribution in [0.15, 0.2) is 12.1 Å². The normalized spacial score (nSPS) is 27.6. The van der Waals surface area contributed by atoms with E-state index in [2.05, 4.69) is 6.92 Å². The highest BCUT2D eigenvalue weighted by Crippen LogP contribution is 2.44. The van der Waals surface area contributed by atoms with Gasteiger partial charge in [-0.2, -0.15) is 4.39 Å². The predicted octanol–water partition coefficient (Wildman–Crippen LogP) is 7.33. The number of halogens is 2. The van der Waals surface area contributed by atoms with Crippen LogP contribution in [-0.2, 0) is 4.79 Å². The fraction of sp³-hybridized carbons (Fsp3) is 0.731. The molecule has 174 valence electrons. The zero-order chi connectivity index (χ0) is 22.4. The summed E-state index contributed by atoms with van der Waals surface area (Å²) in [4.78, 5) is 11.9. The van der Waals surface area contributed by atoms with E-state index in [0.29, 0.717) is 6.42 Å². The molecular weight excluding hydrogens is 398 g/mol. The molecule has 0 heterocycles. The maximum atomic E-state index is 14.6. The van der Waals surface area contributed by atoms with E-state index in [9.17, 15) is 18.7 Å². The molecule has 0 spiro atoms. The van der Waals surface area contributed by atoms with Crippen molar-refractivity contribution in [3.63, 3.8) is 0 Å². The molecule has 2 aliphatic rings. The summed E-state index contributed by atoms with van der Waals surface area (Å²) in [6.07, 6.45) is 12.7. The van der Waals surface area contributed by atoms with Gasteiger partial charge >= 0.3 is 5.97 Å². The smallest absolute Gasteiger partial charge is 0.311 e. The monoisotopic (exact) mass is 436 g/mol. The Morgan fingerprint density at radius 3 is 2.06 bits per heavy atom. The molecule has 2 fully saturated rings. The standard InChI is InChI=1S/C26H38F2O3/c1-3-5-17-6-10-19(11-7-17)20-12-8-18(9-13-20)16-22(26(29)30)21-14-15-23(31-4-2)25(28)24(21)27/h14-15,17-20,22H,3-13,16H2,1-2H3,(H,29,30). The molecule has 0 saturated heterocycles. The van der Waals surface area contributed by atoms with Crippen LogP contribution >= 0.6 is 0 Å². The van der Waals surface area contributed by atoms with Gasteiger partial charge in [-0.05, 0) is 68.8 Å². The molecule has 1 unspecified atom stereocenters. The van der Waals surface area contributed by atoms with Gasteiger partial charge in [0.25, 0.3) is 0 Å². The second kappa shape index (κ2) is 11.3. The first-order chi connectivity index (χ1) is 14.9. The Morgan fingerprint density at radius 1 is 0.968 bits per heavy atom. The van der Waals surface area contributed by atoms with Crippen molar-refractivity contribution in [2.45, 2.75) is 90.4 Å². The van der Waals surface area contributed by atoms with Gasteiger partial charge in [0.2, 0.25) is 5.82 Å². The van der Waals surface area contributed by atoms with Gasteiger partial charge in [0.05, 0.1) is 12.5 Å². The third kappa shape index (κ3) is 5.98. The first-order valence-electron chi connectivity index (χ1n) is 12.3. The van der Waals surface area contributed by atoms with Gasteiger partial charge in [-0.15, -0.1) is 0 Å². The van der Waals surface area contributed by atoms with Crippen molar-refractivity contribution in [2.24, 2.45) is 23.7 Å². The van der Waals surface area contributed by atoms with E-state index < -0.39 is 23.5 Å². The van der Waals surface area contributed by atoms with E-state index in [1.54, 1.807) is 6.92 Å². The van der Waals surface area contributed by atoms with Crippen molar-refractivity contribution in [3.8, 4) is 5.75 Å². The van der Waals surface area contributed by atoms with Crippen molar-refractivity contribution >= 4 is 5.97 Å². The highest BCUT2D eigenvalue weighted by Gasteiger charge is 2.34. The van der Waals surface area contributed by atoms with Crippen LogP contribution in [0.25, 0.3) is 0 Å². The number of aliphatic carboxylic acids is 1. The predicted molar refractivity (Wildman–Crippen MR) is 118 cm³/mol. The minimum absolute atomic E-state index is 0.0650. The Bertz CT molecular complexity index is 720. The molecule has 0 aliphatic heterocycles. The molecule has 2 saturated carbocycles. The largest absolute Gasteiger partial charge is 0.491 e. The maximum absolute atomic E-state index is 14.6. The zero-order valence-electron chi connectivity index (χ0n) is 19.0. The lowest BCUT2D eigenvalue weighted by molar-refractivity contribution is -0.139. The molecule has 0 amide bonds. The fourth-order valence-electron chi connectivity index (χ4n) is 6.03. The third-order valence-corrected chi connectivity index (χ3v) is 7.77. The summed E-state index contributed by atoms with van der Waals surface area (Å²) in [5.74, 6) is -1.70. The summed E-state index contributed by atoms with van der Waals surface area (Å²) in [6.45, 7) is 4.19. The molecule has 0 bridgehead atoms. The van der Waals surface area contributed by atoms with Crippen molar-refractivity contribution < 1.29 is 23.4 Å². The number of benzene rings is 1. The Kier molecular flexibility index (Phi) is 8.74. The molecular formula is C26H38F2O3. The van der Waals surface area contributed by atoms with E-state index >= 15 is 0 Å². The van der Waals surface area contributed by atoms with Crippen LogP contribution in [-0.4, -0.2) is 17.7 Å². The Hall–Kier alpha value is -1.65. The number of carboxylic acid groups (broad SMARTS) is 1. The lowest BCUT2D eigenvalue weighted by atomic mass is 9.67. The average molecular weight is 437 g/mol. The molecule has 1 atom stereocenters. The fourth-order valence-corrected chi connectivity index (χ4v) is 6.03. The molecule has 2 aliphatic carbocycles. The zero-order valence-corrected chi connectivity index (χ0v) is 19.0. The van der Waals surface area contributed by atoms with Crippen LogP contribution in [0.2, 0.25) is 0 Å². The molecule has 0 radical (unpaired) electrons. The minimum Gasteiger partial charge on any atom is -0.491 e. The van der Waals surface area contributed by atoms with Gasteiger partial charge in [-0.25, -0.2) is 4.39 Å². The van der Waals surface area contributed by atoms with Gasteiger partial charge in [-0.3, -0.25) is 4.79 Å². The van der Waals surface area contributed by atoms with Crippen LogP contribution in [0.1, 0.15) is 96.0 Å². The summed E-state index contributed by atoms with van der Waals surface area (Å²) >= 11 is 0. The molecule has 5 heteroatoms. The lowest BCUT2D eigenvalue weighted by Gasteiger charge is -2.38. The second-order valence-electron chi connectivity index (χ2n) is 9.69. The molecule has 1 aromatic rings. The van der Waals surface area contributed by atoms with Gasteiger partial charge < -0.3 is 9.84 Å². The maximum Gasteiger partial charge on any atom is 0.311 e. The number of rotatable bonds is 9. The van der Waals surface area contributed by atoms with Crippen LogP contribution < -0.4 is 4.74 Å². The number of carboxylic acids is 1. The SMILES string of the molecule is CCCC1CCC(C2CCC(CC(C(=O)O)c3ccc(OCC)c(F)c3F)CC2)CC1. The van der Waals surface area contributed by atoms with Crippen molar-refractivity contribution in [1.82, 2.24) is 0 Å². The number of hydrogen-bond acceptors (Lipinski definition) is 2. The number of carbonyl (C=O) groups is 1. The molecule has 31 heavy (non-hydrogen) atoms. The Morgan fingerprint density at radius 2 is 1.55 bits per heavy atom. The Labute approximate surface area is 185 Å². The van der Waals surface area contributed by atoms with Gasteiger partial charge in [0.15, 0.2) is 11.6 Å². The van der Waals surface area contributed by atoms with Crippen molar-refractivity contribution in [3.05, 3.63) is 29.3 Å². The highest BCUT2D eigenvalue weighted by atomic mass is 19.2. The topological polar surface area (TPSA) is 46.5 Å². The van der Waals surface area contributed by atoms with Gasteiger partial charge in [0.1, 0.15) is 0 Å². The summed E-state index contributed by atoms with van der Waals surface area (Å²) in [5, 5.41) is 9.75.